The van der Waals surface area contributed by atoms with E-state index in [1.807, 2.05) is 66.2 Å². The fourth-order valence-electron chi connectivity index (χ4n) is 3.12. The lowest BCUT2D eigenvalue weighted by atomic mass is 10.1. The molecule has 4 rings (SSSR count). The van der Waals surface area contributed by atoms with E-state index in [0.29, 0.717) is 24.2 Å². The average molecular weight is 386 g/mol. The summed E-state index contributed by atoms with van der Waals surface area (Å²) in [6.45, 7) is 3.13. The van der Waals surface area contributed by atoms with Gasteiger partial charge in [-0.2, -0.15) is 0 Å². The van der Waals surface area contributed by atoms with Gasteiger partial charge in [0, 0.05) is 12.1 Å². The van der Waals surface area contributed by atoms with Crippen LogP contribution in [0.5, 0.6) is 5.75 Å². The summed E-state index contributed by atoms with van der Waals surface area (Å²) in [6.07, 6.45) is 0. The van der Waals surface area contributed by atoms with Crippen LogP contribution in [0.25, 0.3) is 11.0 Å². The van der Waals surface area contributed by atoms with Crippen molar-refractivity contribution in [1.29, 1.82) is 0 Å². The number of methoxy groups -OCH3 is 1. The predicted molar refractivity (Wildman–Crippen MR) is 112 cm³/mol. The Bertz CT molecular complexity index is 1130. The zero-order valence-corrected chi connectivity index (χ0v) is 16.4. The monoisotopic (exact) mass is 386 g/mol. The topological polar surface area (TPSA) is 69.0 Å². The van der Waals surface area contributed by atoms with E-state index >= 15 is 0 Å². The Kier molecular flexibility index (Phi) is 5.24. The molecule has 1 N–H and O–H groups in total. The summed E-state index contributed by atoms with van der Waals surface area (Å²) < 4.78 is 7.02. The minimum atomic E-state index is -0.128. The lowest BCUT2D eigenvalue weighted by molar-refractivity contribution is 0.0951. The van der Waals surface area contributed by atoms with E-state index in [1.165, 1.54) is 5.56 Å². The number of nitrogens with one attached hydrogen (secondary N) is 1. The molecule has 0 atom stereocenters. The van der Waals surface area contributed by atoms with Crippen molar-refractivity contribution in [2.75, 3.05) is 7.11 Å². The van der Waals surface area contributed by atoms with Gasteiger partial charge >= 0.3 is 0 Å². The van der Waals surface area contributed by atoms with Crippen molar-refractivity contribution in [1.82, 2.24) is 20.3 Å². The Labute approximate surface area is 169 Å². The lowest BCUT2D eigenvalue weighted by Gasteiger charge is -2.07. The molecule has 0 bridgehead atoms. The van der Waals surface area contributed by atoms with Crippen molar-refractivity contribution in [2.24, 2.45) is 0 Å². The number of carbonyl (C=O) groups is 1. The molecule has 3 aromatic carbocycles. The highest BCUT2D eigenvalue weighted by Gasteiger charge is 2.11. The van der Waals surface area contributed by atoms with Gasteiger partial charge in [-0.15, -0.1) is 5.10 Å². The third kappa shape index (κ3) is 4.27. The largest absolute Gasteiger partial charge is 0.497 e. The van der Waals surface area contributed by atoms with Gasteiger partial charge in [-0.3, -0.25) is 4.79 Å². The number of carbonyl (C=O) groups excluding carboxylic acids is 1. The second-order valence-corrected chi connectivity index (χ2v) is 6.97. The summed E-state index contributed by atoms with van der Waals surface area (Å²) in [5, 5.41) is 11.4. The minimum absolute atomic E-state index is 0.128. The van der Waals surface area contributed by atoms with Crippen molar-refractivity contribution in [3.05, 3.63) is 89.0 Å². The van der Waals surface area contributed by atoms with Crippen molar-refractivity contribution in [3.8, 4) is 5.75 Å². The van der Waals surface area contributed by atoms with Crippen molar-refractivity contribution in [3.63, 3.8) is 0 Å². The Hall–Kier alpha value is -3.67. The van der Waals surface area contributed by atoms with E-state index in [1.54, 1.807) is 19.2 Å². The van der Waals surface area contributed by atoms with Crippen molar-refractivity contribution < 1.29 is 9.53 Å². The van der Waals surface area contributed by atoms with Gasteiger partial charge in [0.1, 0.15) is 11.3 Å². The molecule has 4 aromatic rings. The van der Waals surface area contributed by atoms with E-state index in [9.17, 15) is 4.79 Å². The van der Waals surface area contributed by atoms with Crippen LogP contribution < -0.4 is 10.1 Å². The van der Waals surface area contributed by atoms with Gasteiger partial charge in [-0.1, -0.05) is 47.2 Å². The Morgan fingerprint density at radius 1 is 1.00 bits per heavy atom. The zero-order valence-electron chi connectivity index (χ0n) is 16.4. The Morgan fingerprint density at radius 2 is 1.72 bits per heavy atom. The molecule has 1 heterocycles. The second kappa shape index (κ2) is 8.14. The molecular weight excluding hydrogens is 364 g/mol. The quantitative estimate of drug-likeness (QED) is 0.548. The molecule has 146 valence electrons. The zero-order chi connectivity index (χ0) is 20.2. The summed E-state index contributed by atoms with van der Waals surface area (Å²) in [5.41, 5.74) is 5.51. The van der Waals surface area contributed by atoms with Gasteiger partial charge in [-0.05, 0) is 48.4 Å². The van der Waals surface area contributed by atoms with Crippen LogP contribution >= 0.6 is 0 Å². The number of aryl methyl sites for hydroxylation is 1. The number of rotatable bonds is 6. The maximum atomic E-state index is 12.5. The third-order valence-corrected chi connectivity index (χ3v) is 4.84. The van der Waals surface area contributed by atoms with Crippen LogP contribution in [0.4, 0.5) is 0 Å². The van der Waals surface area contributed by atoms with Crippen LogP contribution in [-0.4, -0.2) is 28.0 Å². The predicted octanol–water partition coefficient (Wildman–Crippen LogP) is 3.73. The normalized spacial score (nSPS) is 10.8. The summed E-state index contributed by atoms with van der Waals surface area (Å²) in [4.78, 5) is 12.5. The molecule has 0 radical (unpaired) electrons. The molecule has 6 nitrogen and oxygen atoms in total. The molecule has 0 fully saturated rings. The molecule has 0 aliphatic heterocycles. The molecular formula is C23H22N4O2. The standard InChI is InChI=1S/C23H22N4O2/c1-16-3-5-17(6-4-16)14-24-23(28)19-9-12-22-21(13-19)25-26-27(22)15-18-7-10-20(29-2)11-8-18/h3-13H,14-15H2,1-2H3,(H,24,28). The van der Waals surface area contributed by atoms with Crippen LogP contribution in [0.1, 0.15) is 27.0 Å². The first kappa shape index (κ1) is 18.7. The molecule has 0 aliphatic rings. The molecule has 1 aromatic heterocycles. The lowest BCUT2D eigenvalue weighted by Crippen LogP contribution is -2.22. The van der Waals surface area contributed by atoms with Crippen LogP contribution in [-0.2, 0) is 13.1 Å². The number of ether oxygens (including phenoxy) is 1. The van der Waals surface area contributed by atoms with E-state index in [-0.39, 0.29) is 5.91 Å². The van der Waals surface area contributed by atoms with Crippen LogP contribution in [0, 0.1) is 6.92 Å². The van der Waals surface area contributed by atoms with Gasteiger partial charge in [0.2, 0.25) is 0 Å². The number of benzene rings is 3. The highest BCUT2D eigenvalue weighted by atomic mass is 16.5. The minimum Gasteiger partial charge on any atom is -0.497 e. The van der Waals surface area contributed by atoms with Crippen molar-refractivity contribution in [2.45, 2.75) is 20.0 Å². The maximum Gasteiger partial charge on any atom is 0.251 e. The first-order valence-electron chi connectivity index (χ1n) is 9.42. The van der Waals surface area contributed by atoms with Crippen LogP contribution in [0.3, 0.4) is 0 Å². The molecule has 0 aliphatic carbocycles. The van der Waals surface area contributed by atoms with Crippen LogP contribution in [0.2, 0.25) is 0 Å². The van der Waals surface area contributed by atoms with Gasteiger partial charge in [0.05, 0.1) is 19.2 Å². The van der Waals surface area contributed by atoms with Gasteiger partial charge in [-0.25, -0.2) is 4.68 Å². The SMILES string of the molecule is COc1ccc(Cn2nnc3cc(C(=O)NCc4ccc(C)cc4)ccc32)cc1. The smallest absolute Gasteiger partial charge is 0.251 e. The number of hydrogen-bond donors (Lipinski definition) is 1. The summed E-state index contributed by atoms with van der Waals surface area (Å²) in [7, 11) is 1.65. The number of hydrogen-bond acceptors (Lipinski definition) is 4. The Morgan fingerprint density at radius 3 is 2.45 bits per heavy atom. The number of amides is 1. The van der Waals surface area contributed by atoms with E-state index < -0.39 is 0 Å². The van der Waals surface area contributed by atoms with E-state index in [4.69, 9.17) is 4.74 Å². The highest BCUT2D eigenvalue weighted by Crippen LogP contribution is 2.17. The van der Waals surface area contributed by atoms with E-state index in [0.717, 1.165) is 22.4 Å². The van der Waals surface area contributed by atoms with Gasteiger partial charge in [0.25, 0.3) is 5.91 Å². The fourth-order valence-corrected chi connectivity index (χ4v) is 3.12. The number of nitrogens with zero attached hydrogens (tertiary/aromatic N) is 3. The summed E-state index contributed by atoms with van der Waals surface area (Å²) >= 11 is 0. The first-order valence-corrected chi connectivity index (χ1v) is 9.42. The molecule has 29 heavy (non-hydrogen) atoms. The Balaban J connectivity index is 1.46. The molecule has 0 spiro atoms. The number of fused-ring (bicyclic) bond motifs is 1. The highest BCUT2D eigenvalue weighted by molar-refractivity contribution is 5.97. The molecule has 0 saturated heterocycles. The van der Waals surface area contributed by atoms with Gasteiger partial charge in [0.15, 0.2) is 0 Å². The maximum absolute atomic E-state index is 12.5. The second-order valence-electron chi connectivity index (χ2n) is 6.97. The molecule has 0 unspecified atom stereocenters. The summed E-state index contributed by atoms with van der Waals surface area (Å²) in [6, 6.07) is 21.4. The molecule has 0 saturated carbocycles. The van der Waals surface area contributed by atoms with Crippen molar-refractivity contribution >= 4 is 16.9 Å². The summed E-state index contributed by atoms with van der Waals surface area (Å²) in [5.74, 6) is 0.690. The average Bonchev–Trinajstić information content (AvgIpc) is 3.15. The molecule has 6 heteroatoms. The first-order chi connectivity index (χ1) is 14.1. The van der Waals surface area contributed by atoms with Crippen LogP contribution in [0.15, 0.2) is 66.7 Å². The molecule has 1 amide bonds. The van der Waals surface area contributed by atoms with E-state index in [2.05, 4.69) is 15.6 Å². The van der Waals surface area contributed by atoms with Gasteiger partial charge < -0.3 is 10.1 Å². The number of aromatic nitrogens is 3. The third-order valence-electron chi connectivity index (χ3n) is 4.84. The fraction of sp³-hybridized carbons (Fsp3) is 0.174.